The van der Waals surface area contributed by atoms with Crippen molar-refractivity contribution in [3.63, 3.8) is 0 Å². The fraction of sp³-hybridized carbons (Fsp3) is 0.0667. The van der Waals surface area contributed by atoms with Crippen LogP contribution in [-0.2, 0) is 0 Å². The first-order chi connectivity index (χ1) is 9.51. The van der Waals surface area contributed by atoms with E-state index in [1.165, 1.54) is 0 Å². The Bertz CT molecular complexity index is 720. The molecule has 0 aliphatic carbocycles. The molecule has 0 heterocycles. The lowest BCUT2D eigenvalue weighted by Gasteiger charge is -2.09. The van der Waals surface area contributed by atoms with Crippen LogP contribution in [0.1, 0.15) is 21.5 Å². The van der Waals surface area contributed by atoms with E-state index in [0.29, 0.717) is 22.5 Å². The third-order valence-electron chi connectivity index (χ3n) is 2.80. The molecule has 4 nitrogen and oxygen atoms in total. The van der Waals surface area contributed by atoms with Gasteiger partial charge in [0.2, 0.25) is 0 Å². The number of nitrogens with one attached hydrogen (secondary N) is 1. The van der Waals surface area contributed by atoms with Gasteiger partial charge in [-0.25, -0.2) is 0 Å². The molecular weight excluding hydrogens is 318 g/mol. The summed E-state index contributed by atoms with van der Waals surface area (Å²) in [6.45, 7) is 1.90. The predicted octanol–water partition coefficient (Wildman–Crippen LogP) is 3.46. The quantitative estimate of drug-likeness (QED) is 0.828. The van der Waals surface area contributed by atoms with Crippen molar-refractivity contribution < 1.29 is 4.79 Å². The Morgan fingerprint density at radius 2 is 2.05 bits per heavy atom. The highest BCUT2D eigenvalue weighted by atomic mass is 79.9. The Morgan fingerprint density at radius 3 is 2.70 bits per heavy atom. The Balaban J connectivity index is 2.33. The number of nitrogens with zero attached hydrogens (tertiary/aromatic N) is 1. The highest BCUT2D eigenvalue weighted by molar-refractivity contribution is 9.10. The van der Waals surface area contributed by atoms with Crippen molar-refractivity contribution in [2.45, 2.75) is 6.92 Å². The van der Waals surface area contributed by atoms with E-state index in [-0.39, 0.29) is 5.91 Å². The summed E-state index contributed by atoms with van der Waals surface area (Å²) in [5, 5.41) is 11.7. The summed E-state index contributed by atoms with van der Waals surface area (Å²) < 4.78 is 0.781. The molecular formula is C15H12BrN3O. The van der Waals surface area contributed by atoms with Crippen LogP contribution in [-0.4, -0.2) is 5.91 Å². The van der Waals surface area contributed by atoms with Crippen LogP contribution in [0.2, 0.25) is 0 Å². The molecule has 0 bridgehead atoms. The van der Waals surface area contributed by atoms with Crippen molar-refractivity contribution in [3.8, 4) is 6.07 Å². The maximum absolute atomic E-state index is 12.2. The number of carbonyl (C=O) groups excluding carboxylic acids is 1. The second kappa shape index (κ2) is 5.76. The molecule has 5 heteroatoms. The van der Waals surface area contributed by atoms with Crippen LogP contribution in [0.5, 0.6) is 0 Å². The summed E-state index contributed by atoms with van der Waals surface area (Å²) >= 11 is 3.31. The topological polar surface area (TPSA) is 78.9 Å². The molecule has 0 atom stereocenters. The highest BCUT2D eigenvalue weighted by Gasteiger charge is 2.12. The molecule has 0 aliphatic rings. The van der Waals surface area contributed by atoms with Gasteiger partial charge < -0.3 is 11.1 Å². The Hall–Kier alpha value is -2.32. The molecule has 0 aliphatic heterocycles. The van der Waals surface area contributed by atoms with Gasteiger partial charge >= 0.3 is 0 Å². The van der Waals surface area contributed by atoms with Gasteiger partial charge in [-0.15, -0.1) is 0 Å². The highest BCUT2D eigenvalue weighted by Crippen LogP contribution is 2.22. The number of halogens is 1. The molecule has 0 fully saturated rings. The number of nitrogen functional groups attached to an aromatic ring is 1. The summed E-state index contributed by atoms with van der Waals surface area (Å²) in [6.07, 6.45) is 0. The predicted molar refractivity (Wildman–Crippen MR) is 82.4 cm³/mol. The number of rotatable bonds is 2. The summed E-state index contributed by atoms with van der Waals surface area (Å²) in [5.74, 6) is -0.336. The molecule has 0 saturated carbocycles. The normalized spacial score (nSPS) is 9.85. The Kier molecular flexibility index (Phi) is 4.06. The monoisotopic (exact) mass is 329 g/mol. The SMILES string of the molecule is Cc1ccc(C(=O)Nc2cc(Br)ccc2C#N)c(N)c1. The van der Waals surface area contributed by atoms with Crippen molar-refractivity contribution in [2.24, 2.45) is 0 Å². The maximum atomic E-state index is 12.2. The molecule has 2 rings (SSSR count). The van der Waals surface area contributed by atoms with Crippen LogP contribution in [0.4, 0.5) is 11.4 Å². The smallest absolute Gasteiger partial charge is 0.257 e. The molecule has 3 N–H and O–H groups in total. The zero-order chi connectivity index (χ0) is 14.7. The average Bonchev–Trinajstić information content (AvgIpc) is 2.38. The number of hydrogen-bond donors (Lipinski definition) is 2. The van der Waals surface area contributed by atoms with Crippen molar-refractivity contribution in [1.29, 1.82) is 5.26 Å². The van der Waals surface area contributed by atoms with Crippen molar-refractivity contribution in [3.05, 3.63) is 57.6 Å². The molecule has 2 aromatic carbocycles. The summed E-state index contributed by atoms with van der Waals surface area (Å²) in [5.41, 5.74) is 8.47. The third-order valence-corrected chi connectivity index (χ3v) is 3.30. The van der Waals surface area contributed by atoms with E-state index in [9.17, 15) is 4.79 Å². The molecule has 0 aromatic heterocycles. The second-order valence-electron chi connectivity index (χ2n) is 4.35. The lowest BCUT2D eigenvalue weighted by molar-refractivity contribution is 0.102. The Labute approximate surface area is 125 Å². The molecule has 1 amide bonds. The van der Waals surface area contributed by atoms with Gasteiger partial charge in [-0.2, -0.15) is 5.26 Å². The number of carbonyl (C=O) groups is 1. The largest absolute Gasteiger partial charge is 0.398 e. The minimum atomic E-state index is -0.336. The molecule has 100 valence electrons. The number of anilines is 2. The standard InChI is InChI=1S/C15H12BrN3O/c1-9-2-5-12(13(18)6-9)15(20)19-14-7-11(16)4-3-10(14)8-17/h2-7H,18H2,1H3,(H,19,20). The van der Waals surface area contributed by atoms with Crippen LogP contribution in [0.25, 0.3) is 0 Å². The van der Waals surface area contributed by atoms with E-state index in [1.807, 2.05) is 19.1 Å². The number of amides is 1. The fourth-order valence-corrected chi connectivity index (χ4v) is 2.16. The van der Waals surface area contributed by atoms with E-state index < -0.39 is 0 Å². The van der Waals surface area contributed by atoms with Crippen LogP contribution in [0.15, 0.2) is 40.9 Å². The zero-order valence-electron chi connectivity index (χ0n) is 10.8. The van der Waals surface area contributed by atoms with Gasteiger partial charge in [0, 0.05) is 10.2 Å². The molecule has 0 saturated heterocycles. The number of nitrogens with two attached hydrogens (primary N) is 1. The first kappa shape index (κ1) is 14.1. The molecule has 2 aromatic rings. The van der Waals surface area contributed by atoms with E-state index in [2.05, 4.69) is 21.2 Å². The van der Waals surface area contributed by atoms with Crippen molar-refractivity contribution in [2.75, 3.05) is 11.1 Å². The van der Waals surface area contributed by atoms with Crippen molar-refractivity contribution >= 4 is 33.2 Å². The maximum Gasteiger partial charge on any atom is 0.257 e. The number of hydrogen-bond acceptors (Lipinski definition) is 3. The summed E-state index contributed by atoms with van der Waals surface area (Å²) in [4.78, 5) is 12.2. The van der Waals surface area contributed by atoms with Gasteiger partial charge in [0.25, 0.3) is 5.91 Å². The molecule has 20 heavy (non-hydrogen) atoms. The summed E-state index contributed by atoms with van der Waals surface area (Å²) in [7, 11) is 0. The fourth-order valence-electron chi connectivity index (χ4n) is 1.80. The molecule has 0 unspecified atom stereocenters. The third kappa shape index (κ3) is 2.98. The Morgan fingerprint density at radius 1 is 1.30 bits per heavy atom. The first-order valence-electron chi connectivity index (χ1n) is 5.88. The first-order valence-corrected chi connectivity index (χ1v) is 6.67. The molecule has 0 radical (unpaired) electrons. The average molecular weight is 330 g/mol. The van der Waals surface area contributed by atoms with Gasteiger partial charge in [0.05, 0.1) is 16.8 Å². The molecule has 0 spiro atoms. The zero-order valence-corrected chi connectivity index (χ0v) is 12.4. The number of benzene rings is 2. The van der Waals surface area contributed by atoms with Crippen LogP contribution >= 0.6 is 15.9 Å². The minimum absolute atomic E-state index is 0.336. The summed E-state index contributed by atoms with van der Waals surface area (Å²) in [6, 6.07) is 12.3. The number of nitriles is 1. The van der Waals surface area contributed by atoms with Gasteiger partial charge in [0.1, 0.15) is 6.07 Å². The van der Waals surface area contributed by atoms with Gasteiger partial charge in [0.15, 0.2) is 0 Å². The van der Waals surface area contributed by atoms with E-state index in [0.717, 1.165) is 10.0 Å². The van der Waals surface area contributed by atoms with Crippen LogP contribution in [0.3, 0.4) is 0 Å². The van der Waals surface area contributed by atoms with Gasteiger partial charge in [-0.1, -0.05) is 22.0 Å². The van der Waals surface area contributed by atoms with Crippen LogP contribution < -0.4 is 11.1 Å². The second-order valence-corrected chi connectivity index (χ2v) is 5.26. The van der Waals surface area contributed by atoms with E-state index >= 15 is 0 Å². The van der Waals surface area contributed by atoms with Crippen molar-refractivity contribution in [1.82, 2.24) is 0 Å². The van der Waals surface area contributed by atoms with Gasteiger partial charge in [-0.3, -0.25) is 4.79 Å². The van der Waals surface area contributed by atoms with E-state index in [4.69, 9.17) is 11.0 Å². The lowest BCUT2D eigenvalue weighted by atomic mass is 10.1. The lowest BCUT2D eigenvalue weighted by Crippen LogP contribution is -2.15. The minimum Gasteiger partial charge on any atom is -0.398 e. The van der Waals surface area contributed by atoms with Gasteiger partial charge in [-0.05, 0) is 42.8 Å². The van der Waals surface area contributed by atoms with E-state index in [1.54, 1.807) is 30.3 Å². The number of aryl methyl sites for hydroxylation is 1. The van der Waals surface area contributed by atoms with Crippen LogP contribution in [0, 0.1) is 18.3 Å².